The Labute approximate surface area is 234 Å². The van der Waals surface area contributed by atoms with Crippen LogP contribution in [0.15, 0.2) is 78.9 Å². The third kappa shape index (κ3) is 6.69. The molecule has 2 aliphatic heterocycles. The molecule has 1 atom stereocenters. The number of hydrogen-bond acceptors (Lipinski definition) is 5. The largest absolute Gasteiger partial charge is 0.493 e. The van der Waals surface area contributed by atoms with Gasteiger partial charge < -0.3 is 25.6 Å². The molecule has 1 amide bonds. The van der Waals surface area contributed by atoms with Gasteiger partial charge in [-0.05, 0) is 53.6 Å². The highest BCUT2D eigenvalue weighted by molar-refractivity contribution is 5.91. The molecule has 2 heterocycles. The molecule has 2 aliphatic rings. The number of ether oxygens (including phenoxy) is 1. The molecular weight excluding hydrogens is 508 g/mol. The lowest BCUT2D eigenvalue weighted by molar-refractivity contribution is -0.143. The fourth-order valence-electron chi connectivity index (χ4n) is 5.81. The molecule has 0 aliphatic carbocycles. The lowest BCUT2D eigenvalue weighted by Crippen LogP contribution is -2.49. The minimum absolute atomic E-state index is 0.137. The monoisotopic (exact) mass is 544 g/mol. The molecule has 3 aromatic carbocycles. The Morgan fingerprint density at radius 2 is 1.50 bits per heavy atom. The van der Waals surface area contributed by atoms with E-state index in [1.165, 1.54) is 11.1 Å². The molecule has 0 bridgehead atoms. The maximum absolute atomic E-state index is 13.2. The number of benzene rings is 3. The fourth-order valence-corrected chi connectivity index (χ4v) is 5.81. The second kappa shape index (κ2) is 13.3. The Bertz CT molecular complexity index is 1260. The first-order valence-corrected chi connectivity index (χ1v) is 13.6. The van der Waals surface area contributed by atoms with Gasteiger partial charge in [-0.25, -0.2) is 0 Å². The van der Waals surface area contributed by atoms with E-state index in [0.717, 1.165) is 62.4 Å². The van der Waals surface area contributed by atoms with E-state index >= 15 is 0 Å². The molecule has 8 nitrogen and oxygen atoms in total. The lowest BCUT2D eigenvalue weighted by atomic mass is 9.64. The lowest BCUT2D eigenvalue weighted by Gasteiger charge is -2.37. The summed E-state index contributed by atoms with van der Waals surface area (Å²) < 4.78 is 5.64. The molecule has 1 fully saturated rings. The zero-order chi connectivity index (χ0) is 28.5. The zero-order valence-electron chi connectivity index (χ0n) is 22.5. The average molecular weight is 545 g/mol. The number of likely N-dealkylation sites (tertiary alicyclic amines) is 1. The van der Waals surface area contributed by atoms with E-state index in [9.17, 15) is 14.4 Å². The van der Waals surface area contributed by atoms with E-state index in [2.05, 4.69) is 23.1 Å². The maximum Gasteiger partial charge on any atom is 0.303 e. The number of carboxylic acids is 2. The van der Waals surface area contributed by atoms with Crippen molar-refractivity contribution in [1.29, 1.82) is 0 Å². The van der Waals surface area contributed by atoms with Gasteiger partial charge in [-0.1, -0.05) is 72.8 Å². The van der Waals surface area contributed by atoms with Gasteiger partial charge in [0.1, 0.15) is 11.2 Å². The summed E-state index contributed by atoms with van der Waals surface area (Å²) in [5.41, 5.74) is 10.0. The van der Waals surface area contributed by atoms with Crippen molar-refractivity contribution < 1.29 is 29.3 Å². The van der Waals surface area contributed by atoms with E-state index in [1.807, 2.05) is 60.7 Å². The zero-order valence-corrected chi connectivity index (χ0v) is 22.5. The van der Waals surface area contributed by atoms with Crippen LogP contribution in [0.5, 0.6) is 5.75 Å². The molecule has 0 saturated carbocycles. The molecule has 0 unspecified atom stereocenters. The first-order valence-electron chi connectivity index (χ1n) is 13.6. The first kappa shape index (κ1) is 28.8. The number of amides is 1. The molecule has 5 rings (SSSR count). The number of nitrogens with zero attached hydrogens (tertiary/aromatic N) is 1. The number of carboxylic acid groups (broad SMARTS) is 2. The predicted octanol–water partition coefficient (Wildman–Crippen LogP) is 3.89. The van der Waals surface area contributed by atoms with Crippen molar-refractivity contribution in [3.63, 3.8) is 0 Å². The van der Waals surface area contributed by atoms with Crippen LogP contribution in [-0.2, 0) is 32.6 Å². The van der Waals surface area contributed by atoms with Crippen LogP contribution >= 0.6 is 0 Å². The average Bonchev–Trinajstić information content (AvgIpc) is 3.62. The number of aliphatic carboxylic acids is 2. The molecule has 3 aromatic rings. The van der Waals surface area contributed by atoms with Gasteiger partial charge in [0.05, 0.1) is 19.4 Å². The van der Waals surface area contributed by atoms with Crippen LogP contribution in [0.2, 0.25) is 0 Å². The quantitative estimate of drug-likeness (QED) is 0.353. The van der Waals surface area contributed by atoms with Crippen LogP contribution in [0.25, 0.3) is 0 Å². The van der Waals surface area contributed by atoms with Gasteiger partial charge in [0.2, 0.25) is 5.91 Å². The number of rotatable bonds is 10. The van der Waals surface area contributed by atoms with Gasteiger partial charge in [-0.15, -0.1) is 0 Å². The van der Waals surface area contributed by atoms with Gasteiger partial charge in [-0.2, -0.15) is 0 Å². The van der Waals surface area contributed by atoms with Crippen molar-refractivity contribution in [2.45, 2.75) is 37.5 Å². The Hall–Kier alpha value is -4.17. The minimum atomic E-state index is -1.08. The van der Waals surface area contributed by atoms with Crippen molar-refractivity contribution in [2.75, 3.05) is 26.2 Å². The third-order valence-corrected chi connectivity index (χ3v) is 7.75. The molecule has 1 saturated heterocycles. The molecule has 0 spiro atoms. The molecule has 210 valence electrons. The smallest absolute Gasteiger partial charge is 0.303 e. The second-order valence-electron chi connectivity index (χ2n) is 10.3. The summed E-state index contributed by atoms with van der Waals surface area (Å²) in [6.07, 6.45) is 2.36. The maximum atomic E-state index is 13.2. The van der Waals surface area contributed by atoms with Crippen molar-refractivity contribution >= 4 is 17.8 Å². The Balaban J connectivity index is 0.000000406. The van der Waals surface area contributed by atoms with Crippen LogP contribution in [0, 0.1) is 5.92 Å². The van der Waals surface area contributed by atoms with Crippen molar-refractivity contribution in [3.8, 4) is 5.75 Å². The molecule has 0 aromatic heterocycles. The highest BCUT2D eigenvalue weighted by Crippen LogP contribution is 2.43. The van der Waals surface area contributed by atoms with Crippen molar-refractivity contribution in [3.05, 3.63) is 101 Å². The van der Waals surface area contributed by atoms with E-state index < -0.39 is 17.4 Å². The van der Waals surface area contributed by atoms with Gasteiger partial charge >= 0.3 is 11.9 Å². The summed E-state index contributed by atoms with van der Waals surface area (Å²) in [6.45, 7) is 3.61. The number of hydrogen-bond donors (Lipinski definition) is 3. The summed E-state index contributed by atoms with van der Waals surface area (Å²) in [5.74, 6) is -1.25. The molecule has 40 heavy (non-hydrogen) atoms. The number of nitrogens with two attached hydrogens (primary N) is 1. The number of carbonyl (C=O) groups is 3. The van der Waals surface area contributed by atoms with Gasteiger partial charge in [-0.3, -0.25) is 14.4 Å². The molecule has 4 N–H and O–H groups in total. The van der Waals surface area contributed by atoms with Crippen LogP contribution < -0.4 is 10.5 Å². The van der Waals surface area contributed by atoms with Crippen LogP contribution in [0.1, 0.15) is 41.5 Å². The van der Waals surface area contributed by atoms with Gasteiger partial charge in [0, 0.05) is 19.5 Å². The topological polar surface area (TPSA) is 130 Å². The third-order valence-electron chi connectivity index (χ3n) is 7.75. The van der Waals surface area contributed by atoms with E-state index in [4.69, 9.17) is 20.7 Å². The standard InChI is InChI=1S/C28H30N2O2.C4H6O4/c29-27(31)28(23-7-3-1-4-8-23,24-9-5-2-6-10-24)25-14-17-30(20-25)16-13-21-11-12-26-22(19-21)15-18-32-26;5-3(6)1-2-4(7)8/h1-12,19,25H,13-18,20H2,(H2,29,31);1-2H2,(H,5,6)(H,7,8)/t25-;/m1./s1. The number of primary amides is 1. The summed E-state index contributed by atoms with van der Waals surface area (Å²) in [5, 5.41) is 15.8. The summed E-state index contributed by atoms with van der Waals surface area (Å²) in [6, 6.07) is 26.7. The summed E-state index contributed by atoms with van der Waals surface area (Å²) in [7, 11) is 0. The van der Waals surface area contributed by atoms with Gasteiger partial charge in [0.25, 0.3) is 0 Å². The minimum Gasteiger partial charge on any atom is -0.493 e. The van der Waals surface area contributed by atoms with Crippen molar-refractivity contribution in [1.82, 2.24) is 4.90 Å². The van der Waals surface area contributed by atoms with E-state index in [0.29, 0.717) is 0 Å². The highest BCUT2D eigenvalue weighted by atomic mass is 16.5. The van der Waals surface area contributed by atoms with Crippen molar-refractivity contribution in [2.24, 2.45) is 11.7 Å². The van der Waals surface area contributed by atoms with E-state index in [1.54, 1.807) is 0 Å². The first-order chi connectivity index (χ1) is 19.3. The van der Waals surface area contributed by atoms with Crippen LogP contribution in [0.3, 0.4) is 0 Å². The second-order valence-corrected chi connectivity index (χ2v) is 10.3. The fraction of sp³-hybridized carbons (Fsp3) is 0.344. The Morgan fingerprint density at radius 3 is 2.05 bits per heavy atom. The van der Waals surface area contributed by atoms with Crippen LogP contribution in [0.4, 0.5) is 0 Å². The molecular formula is C32H36N2O6. The Morgan fingerprint density at radius 1 is 0.900 bits per heavy atom. The molecule has 0 radical (unpaired) electrons. The SMILES string of the molecule is NC(=O)C(c1ccccc1)(c1ccccc1)[C@@H]1CCN(CCc2ccc3c(c2)CCO3)C1.O=C(O)CCC(=O)O. The number of carbonyl (C=O) groups excluding carboxylic acids is 1. The number of fused-ring (bicyclic) bond motifs is 1. The molecule has 8 heteroatoms. The Kier molecular flexibility index (Phi) is 9.56. The summed E-state index contributed by atoms with van der Waals surface area (Å²) >= 11 is 0. The van der Waals surface area contributed by atoms with Crippen LogP contribution in [-0.4, -0.2) is 59.2 Å². The highest BCUT2D eigenvalue weighted by Gasteiger charge is 2.49. The summed E-state index contributed by atoms with van der Waals surface area (Å²) in [4.78, 5) is 35.0. The van der Waals surface area contributed by atoms with E-state index in [-0.39, 0.29) is 24.7 Å². The van der Waals surface area contributed by atoms with Gasteiger partial charge in [0.15, 0.2) is 0 Å². The predicted molar refractivity (Wildman–Crippen MR) is 151 cm³/mol. The normalized spacial score (nSPS) is 16.4.